The molecule has 3 heterocycles. The number of rotatable bonds is 8. The van der Waals surface area contributed by atoms with Gasteiger partial charge in [-0.2, -0.15) is 5.10 Å². The number of nitrogens with one attached hydrogen (secondary N) is 1. The maximum absolute atomic E-state index is 13.9. The number of carbonyl (C=O) groups is 1. The third-order valence-corrected chi connectivity index (χ3v) is 5.88. The summed E-state index contributed by atoms with van der Waals surface area (Å²) in [5.41, 5.74) is 7.91. The van der Waals surface area contributed by atoms with Crippen LogP contribution in [0.3, 0.4) is 0 Å². The molecule has 3 atom stereocenters. The van der Waals surface area contributed by atoms with Crippen LogP contribution in [0.1, 0.15) is 50.0 Å². The highest BCUT2D eigenvalue weighted by atomic mass is 19.3. The summed E-state index contributed by atoms with van der Waals surface area (Å²) in [6.07, 6.45) is 5.07. The first-order valence-corrected chi connectivity index (χ1v) is 10.3. The Labute approximate surface area is 178 Å². The lowest BCUT2D eigenvalue weighted by atomic mass is 10.1. The smallest absolute Gasteiger partial charge is 0.318 e. The number of hydrogen-bond donors (Lipinski definition) is 2. The van der Waals surface area contributed by atoms with Crippen LogP contribution in [0.4, 0.5) is 13.6 Å². The Kier molecular flexibility index (Phi) is 5.61. The van der Waals surface area contributed by atoms with Gasteiger partial charge in [0.05, 0.1) is 61.6 Å². The van der Waals surface area contributed by atoms with Crippen molar-refractivity contribution in [3.63, 3.8) is 0 Å². The molecule has 1 saturated heterocycles. The molecule has 1 unspecified atom stereocenters. The number of ether oxygens (including phenoxy) is 2. The average Bonchev–Trinajstić information content (AvgIpc) is 3.28. The summed E-state index contributed by atoms with van der Waals surface area (Å²) in [6, 6.07) is -0.0392. The van der Waals surface area contributed by atoms with E-state index in [2.05, 4.69) is 22.3 Å². The molecule has 2 aliphatic rings. The van der Waals surface area contributed by atoms with E-state index in [4.69, 9.17) is 15.2 Å². The van der Waals surface area contributed by atoms with Crippen LogP contribution in [0, 0.1) is 0 Å². The second-order valence-corrected chi connectivity index (χ2v) is 8.67. The Morgan fingerprint density at radius 3 is 2.81 bits per heavy atom. The van der Waals surface area contributed by atoms with Crippen molar-refractivity contribution in [2.75, 3.05) is 26.8 Å². The Morgan fingerprint density at radius 2 is 2.13 bits per heavy atom. The summed E-state index contributed by atoms with van der Waals surface area (Å²) in [6.45, 7) is 2.64. The van der Waals surface area contributed by atoms with Crippen molar-refractivity contribution in [3.8, 4) is 0 Å². The number of carbonyl (C=O) groups excluding carboxylic acids is 1. The van der Waals surface area contributed by atoms with Gasteiger partial charge in [-0.25, -0.2) is 23.1 Å². The number of amides is 2. The van der Waals surface area contributed by atoms with E-state index in [-0.39, 0.29) is 18.3 Å². The SMILES string of the molecule is COC[C@H](c1cnn2cc([C@@H](N)C(C)OC3(C)CC3)nc2c1)N1CC(F)(F)CNC1=O. The first-order valence-electron chi connectivity index (χ1n) is 10.3. The number of nitrogens with zero attached hydrogens (tertiary/aromatic N) is 4. The van der Waals surface area contributed by atoms with Crippen molar-refractivity contribution in [1.29, 1.82) is 0 Å². The molecule has 0 aromatic carbocycles. The molecule has 2 amide bonds. The summed E-state index contributed by atoms with van der Waals surface area (Å²) in [5, 5.41) is 6.58. The van der Waals surface area contributed by atoms with Gasteiger partial charge in [0, 0.05) is 12.7 Å². The minimum Gasteiger partial charge on any atom is -0.382 e. The molecule has 3 N–H and O–H groups in total. The van der Waals surface area contributed by atoms with Crippen LogP contribution in [0.15, 0.2) is 18.5 Å². The number of urea groups is 1. The Hall–Kier alpha value is -2.37. The lowest BCUT2D eigenvalue weighted by molar-refractivity contribution is -0.0509. The fourth-order valence-electron chi connectivity index (χ4n) is 3.77. The Morgan fingerprint density at radius 1 is 1.39 bits per heavy atom. The molecule has 170 valence electrons. The zero-order chi connectivity index (χ0) is 22.4. The zero-order valence-corrected chi connectivity index (χ0v) is 17.8. The predicted molar refractivity (Wildman–Crippen MR) is 108 cm³/mol. The highest BCUT2D eigenvalue weighted by Crippen LogP contribution is 2.41. The second-order valence-electron chi connectivity index (χ2n) is 8.67. The number of alkyl halides is 2. The van der Waals surface area contributed by atoms with Crippen LogP contribution in [-0.4, -0.2) is 70.0 Å². The number of imidazole rings is 1. The molecular weight excluding hydrogens is 410 g/mol. The molecule has 1 aliphatic carbocycles. The normalized spacial score (nSPS) is 22.8. The molecule has 2 fully saturated rings. The summed E-state index contributed by atoms with van der Waals surface area (Å²) in [5.74, 6) is -3.03. The first kappa shape index (κ1) is 21.8. The first-order chi connectivity index (χ1) is 14.6. The van der Waals surface area contributed by atoms with Crippen molar-refractivity contribution >= 4 is 11.7 Å². The van der Waals surface area contributed by atoms with Crippen molar-refractivity contribution in [2.24, 2.45) is 5.73 Å². The molecule has 0 bridgehead atoms. The average molecular weight is 438 g/mol. The molecule has 4 rings (SSSR count). The quantitative estimate of drug-likeness (QED) is 0.653. The number of aromatic nitrogens is 3. The van der Waals surface area contributed by atoms with Crippen LogP contribution in [0.2, 0.25) is 0 Å². The fraction of sp³-hybridized carbons (Fsp3) is 0.650. The second kappa shape index (κ2) is 7.95. The van der Waals surface area contributed by atoms with E-state index < -0.39 is 37.1 Å². The van der Waals surface area contributed by atoms with Gasteiger partial charge in [0.2, 0.25) is 0 Å². The molecule has 9 nitrogen and oxygen atoms in total. The Bertz CT molecular complexity index is 964. The van der Waals surface area contributed by atoms with E-state index in [1.807, 2.05) is 6.92 Å². The van der Waals surface area contributed by atoms with Gasteiger partial charge in [0.15, 0.2) is 5.65 Å². The van der Waals surface area contributed by atoms with Gasteiger partial charge in [-0.05, 0) is 32.8 Å². The van der Waals surface area contributed by atoms with Gasteiger partial charge in [-0.15, -0.1) is 0 Å². The highest BCUT2D eigenvalue weighted by Gasteiger charge is 2.43. The summed E-state index contributed by atoms with van der Waals surface area (Å²) in [7, 11) is 1.45. The molecule has 2 aromatic rings. The van der Waals surface area contributed by atoms with E-state index in [0.717, 1.165) is 17.7 Å². The Balaban J connectivity index is 1.59. The van der Waals surface area contributed by atoms with Gasteiger partial charge in [-0.1, -0.05) is 0 Å². The monoisotopic (exact) mass is 438 g/mol. The van der Waals surface area contributed by atoms with Crippen LogP contribution in [0.5, 0.6) is 0 Å². The van der Waals surface area contributed by atoms with Crippen LogP contribution in [-0.2, 0) is 9.47 Å². The van der Waals surface area contributed by atoms with Gasteiger partial charge in [-0.3, -0.25) is 0 Å². The lowest BCUT2D eigenvalue weighted by Gasteiger charge is -2.38. The van der Waals surface area contributed by atoms with Crippen molar-refractivity contribution in [1.82, 2.24) is 24.8 Å². The topological polar surface area (TPSA) is 107 Å². The standard InChI is InChI=1S/C20H28F2N6O3/c1-12(31-19(2)4-5-19)17(23)14-8-28-16(26-14)6-13(7-25-28)15(9-30-3)27-11-20(21,22)10-24-18(27)29/h6-8,12,15,17H,4-5,9-11,23H2,1-3H3,(H,24,29)/t12?,15-,17+/m1/s1. The molecule has 11 heteroatoms. The maximum Gasteiger partial charge on any atom is 0.318 e. The molecule has 0 radical (unpaired) electrons. The number of hydrogen-bond acceptors (Lipinski definition) is 6. The van der Waals surface area contributed by atoms with E-state index in [1.165, 1.54) is 13.3 Å². The van der Waals surface area contributed by atoms with Crippen LogP contribution < -0.4 is 11.1 Å². The van der Waals surface area contributed by atoms with Crippen molar-refractivity contribution < 1.29 is 23.0 Å². The van der Waals surface area contributed by atoms with Crippen LogP contribution >= 0.6 is 0 Å². The number of halogens is 2. The van der Waals surface area contributed by atoms with Gasteiger partial charge < -0.3 is 25.4 Å². The molecule has 2 aromatic heterocycles. The van der Waals surface area contributed by atoms with E-state index in [0.29, 0.717) is 16.9 Å². The molecular formula is C20H28F2N6O3. The van der Waals surface area contributed by atoms with Gasteiger partial charge >= 0.3 is 6.03 Å². The molecule has 1 aliphatic heterocycles. The minimum absolute atomic E-state index is 0.0396. The summed E-state index contributed by atoms with van der Waals surface area (Å²) < 4.78 is 40.7. The highest BCUT2D eigenvalue weighted by molar-refractivity contribution is 5.76. The predicted octanol–water partition coefficient (Wildman–Crippen LogP) is 2.03. The minimum atomic E-state index is -3.03. The summed E-state index contributed by atoms with van der Waals surface area (Å²) >= 11 is 0. The molecule has 31 heavy (non-hydrogen) atoms. The third kappa shape index (κ3) is 4.63. The largest absolute Gasteiger partial charge is 0.382 e. The fourth-order valence-corrected chi connectivity index (χ4v) is 3.77. The molecule has 1 saturated carbocycles. The van der Waals surface area contributed by atoms with Gasteiger partial charge in [0.1, 0.15) is 0 Å². The van der Waals surface area contributed by atoms with E-state index >= 15 is 0 Å². The van der Waals surface area contributed by atoms with Crippen LogP contribution in [0.25, 0.3) is 5.65 Å². The van der Waals surface area contributed by atoms with E-state index in [1.54, 1.807) is 16.8 Å². The van der Waals surface area contributed by atoms with E-state index in [9.17, 15) is 13.6 Å². The summed E-state index contributed by atoms with van der Waals surface area (Å²) in [4.78, 5) is 17.9. The number of fused-ring (bicyclic) bond motifs is 1. The number of nitrogens with two attached hydrogens (primary N) is 1. The van der Waals surface area contributed by atoms with Crippen molar-refractivity contribution in [3.05, 3.63) is 29.7 Å². The lowest BCUT2D eigenvalue weighted by Crippen LogP contribution is -2.58. The van der Waals surface area contributed by atoms with Crippen molar-refractivity contribution in [2.45, 2.75) is 56.4 Å². The zero-order valence-electron chi connectivity index (χ0n) is 17.8. The van der Waals surface area contributed by atoms with Gasteiger partial charge in [0.25, 0.3) is 5.92 Å². The third-order valence-electron chi connectivity index (χ3n) is 5.88. The maximum atomic E-state index is 13.9. The number of methoxy groups -OCH3 is 1. The molecule has 0 spiro atoms.